The Labute approximate surface area is 147 Å². The van der Waals surface area contributed by atoms with Crippen molar-refractivity contribution in [1.82, 2.24) is 14.7 Å². The van der Waals surface area contributed by atoms with Crippen molar-refractivity contribution in [2.75, 3.05) is 12.8 Å². The number of fused-ring (bicyclic) bond motifs is 1. The first-order valence-electron chi connectivity index (χ1n) is 8.23. The zero-order chi connectivity index (χ0) is 18.0. The fourth-order valence-electron chi connectivity index (χ4n) is 2.89. The second-order valence-corrected chi connectivity index (χ2v) is 6.01. The van der Waals surface area contributed by atoms with Gasteiger partial charge < -0.3 is 15.5 Å². The van der Waals surface area contributed by atoms with Crippen LogP contribution in [0.3, 0.4) is 0 Å². The number of nitrogen functional groups attached to an aromatic ring is 1. The van der Waals surface area contributed by atoms with E-state index in [1.165, 1.54) is 0 Å². The minimum atomic E-state index is -0.150. The summed E-state index contributed by atoms with van der Waals surface area (Å²) in [6.45, 7) is 3.91. The minimum Gasteiger partial charge on any atom is -0.395 e. The van der Waals surface area contributed by atoms with Gasteiger partial charge in [-0.05, 0) is 31.4 Å². The van der Waals surface area contributed by atoms with E-state index in [2.05, 4.69) is 10.3 Å². The highest BCUT2D eigenvalue weighted by molar-refractivity contribution is 5.98. The number of allylic oxidation sites excluding steroid dienone is 1. The molecule has 0 radical (unpaired) electrons. The Morgan fingerprint density at radius 2 is 2.00 bits per heavy atom. The van der Waals surface area contributed by atoms with Crippen LogP contribution in [0.4, 0.5) is 5.69 Å². The summed E-state index contributed by atoms with van der Waals surface area (Å²) < 4.78 is 1.89. The summed E-state index contributed by atoms with van der Waals surface area (Å²) in [5, 5.41) is 2.70. The van der Waals surface area contributed by atoms with E-state index in [4.69, 9.17) is 5.73 Å². The summed E-state index contributed by atoms with van der Waals surface area (Å²) >= 11 is 0. The molecule has 1 amide bonds. The number of nitrogens with two attached hydrogens (primary N) is 1. The molecule has 3 N–H and O–H groups in total. The second kappa shape index (κ2) is 6.81. The maximum atomic E-state index is 12.4. The van der Waals surface area contributed by atoms with Crippen molar-refractivity contribution in [3.63, 3.8) is 0 Å². The number of aryl methyl sites for hydroxylation is 2. The van der Waals surface area contributed by atoms with Crippen LogP contribution >= 0.6 is 0 Å². The van der Waals surface area contributed by atoms with Crippen LogP contribution < -0.4 is 11.1 Å². The van der Waals surface area contributed by atoms with Crippen molar-refractivity contribution in [2.24, 2.45) is 0 Å². The molecule has 3 rings (SSSR count). The Morgan fingerprint density at radius 1 is 1.28 bits per heavy atom. The molecule has 5 heteroatoms. The molecule has 0 aliphatic carbocycles. The monoisotopic (exact) mass is 334 g/mol. The SMILES string of the molecule is CNC(=O)c1cn2c(C)c(C)nc2c(N)c1CC=Cc1ccccc1. The number of aromatic nitrogens is 2. The lowest BCUT2D eigenvalue weighted by Crippen LogP contribution is -2.21. The van der Waals surface area contributed by atoms with Crippen LogP contribution in [-0.2, 0) is 6.42 Å². The first-order valence-corrected chi connectivity index (χ1v) is 8.23. The highest BCUT2D eigenvalue weighted by Crippen LogP contribution is 2.26. The largest absolute Gasteiger partial charge is 0.395 e. The smallest absolute Gasteiger partial charge is 0.252 e. The lowest BCUT2D eigenvalue weighted by atomic mass is 10.0. The Hall–Kier alpha value is -3.08. The molecule has 1 aromatic carbocycles. The fraction of sp³-hybridized carbons (Fsp3) is 0.200. The number of amides is 1. The van der Waals surface area contributed by atoms with Crippen molar-refractivity contribution < 1.29 is 4.79 Å². The van der Waals surface area contributed by atoms with E-state index >= 15 is 0 Å². The van der Waals surface area contributed by atoms with Crippen molar-refractivity contribution >= 4 is 23.3 Å². The van der Waals surface area contributed by atoms with Crippen LogP contribution in [0.15, 0.2) is 42.6 Å². The Morgan fingerprint density at radius 3 is 2.68 bits per heavy atom. The van der Waals surface area contributed by atoms with Crippen LogP contribution in [0, 0.1) is 13.8 Å². The van der Waals surface area contributed by atoms with Gasteiger partial charge in [-0.15, -0.1) is 0 Å². The van der Waals surface area contributed by atoms with Gasteiger partial charge in [0.05, 0.1) is 16.9 Å². The molecule has 2 heterocycles. The summed E-state index contributed by atoms with van der Waals surface area (Å²) in [4.78, 5) is 16.9. The molecule has 0 unspecified atom stereocenters. The van der Waals surface area contributed by atoms with E-state index in [1.807, 2.05) is 66.9 Å². The molecule has 0 fully saturated rings. The number of carbonyl (C=O) groups is 1. The summed E-state index contributed by atoms with van der Waals surface area (Å²) in [6, 6.07) is 10.0. The Bertz CT molecular complexity index is 955. The van der Waals surface area contributed by atoms with Gasteiger partial charge in [0.25, 0.3) is 5.91 Å². The number of benzene rings is 1. The van der Waals surface area contributed by atoms with Gasteiger partial charge in [0.1, 0.15) is 0 Å². The van der Waals surface area contributed by atoms with E-state index in [0.717, 1.165) is 22.5 Å². The van der Waals surface area contributed by atoms with Crippen LogP contribution in [0.5, 0.6) is 0 Å². The van der Waals surface area contributed by atoms with Gasteiger partial charge in [-0.3, -0.25) is 4.79 Å². The molecular formula is C20H22N4O. The maximum absolute atomic E-state index is 12.4. The first-order chi connectivity index (χ1) is 12.0. The predicted octanol–water partition coefficient (Wildman–Crippen LogP) is 3.15. The third-order valence-electron chi connectivity index (χ3n) is 4.44. The fourth-order valence-corrected chi connectivity index (χ4v) is 2.89. The molecule has 0 atom stereocenters. The van der Waals surface area contributed by atoms with E-state index < -0.39 is 0 Å². The molecule has 2 aromatic heterocycles. The van der Waals surface area contributed by atoms with Crippen LogP contribution in [0.2, 0.25) is 0 Å². The number of anilines is 1. The van der Waals surface area contributed by atoms with Crippen LogP contribution in [0.1, 0.15) is 32.9 Å². The number of hydrogen-bond donors (Lipinski definition) is 2. The van der Waals surface area contributed by atoms with Crippen LogP contribution in [0.25, 0.3) is 11.7 Å². The number of hydrogen-bond acceptors (Lipinski definition) is 3. The second-order valence-electron chi connectivity index (χ2n) is 6.01. The lowest BCUT2D eigenvalue weighted by Gasteiger charge is -2.12. The molecule has 0 bridgehead atoms. The minimum absolute atomic E-state index is 0.150. The molecule has 0 aliphatic rings. The van der Waals surface area contributed by atoms with Gasteiger partial charge in [-0.1, -0.05) is 42.5 Å². The molecule has 0 saturated heterocycles. The van der Waals surface area contributed by atoms with E-state index in [1.54, 1.807) is 7.05 Å². The highest BCUT2D eigenvalue weighted by atomic mass is 16.1. The number of nitrogens with zero attached hydrogens (tertiary/aromatic N) is 2. The number of rotatable bonds is 4. The van der Waals surface area contributed by atoms with E-state index in [0.29, 0.717) is 23.3 Å². The topological polar surface area (TPSA) is 72.4 Å². The average Bonchev–Trinajstić information content (AvgIpc) is 2.92. The van der Waals surface area contributed by atoms with Crippen molar-refractivity contribution in [3.8, 4) is 0 Å². The van der Waals surface area contributed by atoms with Gasteiger partial charge in [0.15, 0.2) is 5.65 Å². The van der Waals surface area contributed by atoms with Gasteiger partial charge in [0.2, 0.25) is 0 Å². The molecule has 3 aromatic rings. The van der Waals surface area contributed by atoms with Gasteiger partial charge in [0, 0.05) is 18.9 Å². The quantitative estimate of drug-likeness (QED) is 0.770. The van der Waals surface area contributed by atoms with E-state index in [9.17, 15) is 4.79 Å². The average molecular weight is 334 g/mol. The van der Waals surface area contributed by atoms with E-state index in [-0.39, 0.29) is 5.91 Å². The van der Waals surface area contributed by atoms with Crippen molar-refractivity contribution in [1.29, 1.82) is 0 Å². The number of pyridine rings is 1. The zero-order valence-electron chi connectivity index (χ0n) is 14.7. The number of carbonyl (C=O) groups excluding carboxylic acids is 1. The van der Waals surface area contributed by atoms with Gasteiger partial charge >= 0.3 is 0 Å². The maximum Gasteiger partial charge on any atom is 0.252 e. The van der Waals surface area contributed by atoms with Gasteiger partial charge in [-0.2, -0.15) is 0 Å². The molecular weight excluding hydrogens is 312 g/mol. The molecule has 0 spiro atoms. The summed E-state index contributed by atoms with van der Waals surface area (Å²) in [6.07, 6.45) is 6.43. The van der Waals surface area contributed by atoms with Gasteiger partial charge in [-0.25, -0.2) is 4.98 Å². The Balaban J connectivity index is 2.07. The third-order valence-corrected chi connectivity index (χ3v) is 4.44. The summed E-state index contributed by atoms with van der Waals surface area (Å²) in [7, 11) is 1.62. The molecule has 0 aliphatic heterocycles. The normalized spacial score (nSPS) is 11.3. The van der Waals surface area contributed by atoms with Crippen molar-refractivity contribution in [3.05, 3.63) is 70.7 Å². The summed E-state index contributed by atoms with van der Waals surface area (Å²) in [5.41, 5.74) is 12.0. The Kier molecular flexibility index (Phi) is 4.57. The molecule has 0 saturated carbocycles. The van der Waals surface area contributed by atoms with Crippen LogP contribution in [-0.4, -0.2) is 22.3 Å². The first kappa shape index (κ1) is 16.8. The lowest BCUT2D eigenvalue weighted by molar-refractivity contribution is 0.0962. The van der Waals surface area contributed by atoms with Crippen molar-refractivity contribution in [2.45, 2.75) is 20.3 Å². The number of imidazole rings is 1. The number of nitrogens with one attached hydrogen (secondary N) is 1. The third kappa shape index (κ3) is 3.13. The standard InChI is InChI=1S/C20H22N4O/c1-13-14(2)24-12-17(20(25)22-3)16(18(21)19(24)23-13)11-7-10-15-8-5-4-6-9-15/h4-10,12H,11,21H2,1-3H3,(H,22,25). The summed E-state index contributed by atoms with van der Waals surface area (Å²) in [5.74, 6) is -0.150. The zero-order valence-corrected chi connectivity index (χ0v) is 14.7. The highest BCUT2D eigenvalue weighted by Gasteiger charge is 2.18. The molecule has 128 valence electrons. The molecule has 25 heavy (non-hydrogen) atoms. The molecule has 5 nitrogen and oxygen atoms in total. The predicted molar refractivity (Wildman–Crippen MR) is 102 cm³/mol.